The van der Waals surface area contributed by atoms with Gasteiger partial charge in [0.1, 0.15) is 0 Å². The fraction of sp³-hybridized carbons (Fsp3) is 0.0769. The summed E-state index contributed by atoms with van der Waals surface area (Å²) >= 11 is 0. The quantitative estimate of drug-likeness (QED) is 0.168. The first-order valence-corrected chi connectivity index (χ1v) is 19.7. The van der Waals surface area contributed by atoms with Gasteiger partial charge in [0.15, 0.2) is 0 Å². The SMILES string of the molecule is Cc1ccccc1N1B2c3c(cc(N(c4ccccc4)c4ccccc4)cc3-n3c4ccccc4c4cccc2c43)-c2c1ccc1c2C(C)(C)c2ccccc2-1. The van der Waals surface area contributed by atoms with Crippen molar-refractivity contribution in [1.29, 1.82) is 0 Å². The second-order valence-corrected chi connectivity index (χ2v) is 16.1. The van der Waals surface area contributed by atoms with Crippen LogP contribution in [0.3, 0.4) is 0 Å². The van der Waals surface area contributed by atoms with E-state index in [1.54, 1.807) is 0 Å². The Kier molecular flexibility index (Phi) is 6.41. The van der Waals surface area contributed by atoms with Crippen LogP contribution in [0, 0.1) is 6.92 Å². The zero-order valence-corrected chi connectivity index (χ0v) is 31.7. The summed E-state index contributed by atoms with van der Waals surface area (Å²) < 4.78 is 2.58. The van der Waals surface area contributed by atoms with Crippen molar-refractivity contribution < 1.29 is 0 Å². The van der Waals surface area contributed by atoms with Gasteiger partial charge >= 0.3 is 6.85 Å². The van der Waals surface area contributed by atoms with Crippen LogP contribution in [-0.2, 0) is 5.41 Å². The Labute approximate surface area is 327 Å². The van der Waals surface area contributed by atoms with Crippen molar-refractivity contribution in [2.75, 3.05) is 9.71 Å². The standard InChI is InChI=1S/C52H38BN3/c1-33-17-10-14-27-44(33)56-46-30-29-39-37-22-11-13-25-42(37)52(2,3)49(39)48(46)41-31-36(54(34-18-6-4-7-19-34)35-20-8-5-9-21-35)32-47-50(41)53(56)43-26-16-24-40-38-23-12-15-28-45(38)55(47)51(40)43/h4-32H,1-3H3. The molecule has 4 heteroatoms. The molecule has 2 aliphatic heterocycles. The maximum absolute atomic E-state index is 2.68. The highest BCUT2D eigenvalue weighted by Crippen LogP contribution is 2.57. The molecule has 0 saturated heterocycles. The van der Waals surface area contributed by atoms with Crippen LogP contribution in [0.1, 0.15) is 30.5 Å². The molecule has 9 aromatic rings. The summed E-state index contributed by atoms with van der Waals surface area (Å²) in [6.45, 7) is 7.07. The number of aromatic nitrogens is 1. The van der Waals surface area contributed by atoms with Crippen molar-refractivity contribution in [3.05, 3.63) is 193 Å². The van der Waals surface area contributed by atoms with Crippen LogP contribution in [0.15, 0.2) is 176 Å². The van der Waals surface area contributed by atoms with Crippen molar-refractivity contribution >= 4 is 68.0 Å². The maximum Gasteiger partial charge on any atom is 0.333 e. The minimum atomic E-state index is -0.219. The molecule has 0 fully saturated rings. The molecule has 1 aliphatic carbocycles. The van der Waals surface area contributed by atoms with E-state index in [4.69, 9.17) is 0 Å². The molecular weight excluding hydrogens is 677 g/mol. The molecule has 0 unspecified atom stereocenters. The molecule has 3 heterocycles. The number of hydrogen-bond donors (Lipinski definition) is 0. The van der Waals surface area contributed by atoms with Crippen LogP contribution in [-0.4, -0.2) is 11.4 Å². The van der Waals surface area contributed by atoms with Crippen LogP contribution >= 0.6 is 0 Å². The molecule has 0 atom stereocenters. The lowest BCUT2D eigenvalue weighted by atomic mass is 9.43. The first-order chi connectivity index (χ1) is 27.5. The second kappa shape index (κ2) is 11.4. The third-order valence-corrected chi connectivity index (χ3v) is 12.8. The van der Waals surface area contributed by atoms with Gasteiger partial charge in [0.05, 0.1) is 11.0 Å². The minimum absolute atomic E-state index is 0.0463. The molecule has 0 N–H and O–H groups in total. The zero-order chi connectivity index (χ0) is 37.3. The molecular formula is C52H38BN3. The summed E-state index contributed by atoms with van der Waals surface area (Å²) in [4.78, 5) is 5.11. The van der Waals surface area contributed by atoms with E-state index in [0.29, 0.717) is 0 Å². The molecule has 12 rings (SSSR count). The van der Waals surface area contributed by atoms with Crippen molar-refractivity contribution in [3.63, 3.8) is 0 Å². The van der Waals surface area contributed by atoms with Crippen LogP contribution in [0.25, 0.3) is 49.7 Å². The van der Waals surface area contributed by atoms with Crippen LogP contribution in [0.5, 0.6) is 0 Å². The number of para-hydroxylation sites is 5. The highest BCUT2D eigenvalue weighted by Gasteiger charge is 2.48. The Bertz CT molecular complexity index is 3050. The summed E-state index contributed by atoms with van der Waals surface area (Å²) in [5.41, 5.74) is 21.5. The minimum Gasteiger partial charge on any atom is -0.376 e. The lowest BCUT2D eigenvalue weighted by Crippen LogP contribution is -2.61. The van der Waals surface area contributed by atoms with Crippen molar-refractivity contribution in [1.82, 2.24) is 4.57 Å². The van der Waals surface area contributed by atoms with Gasteiger partial charge in [0.2, 0.25) is 0 Å². The summed E-state index contributed by atoms with van der Waals surface area (Å²) in [6, 6.07) is 65.4. The number of nitrogens with zero attached hydrogens (tertiary/aromatic N) is 3. The fourth-order valence-corrected chi connectivity index (χ4v) is 10.6. The second-order valence-electron chi connectivity index (χ2n) is 16.1. The van der Waals surface area contributed by atoms with E-state index in [9.17, 15) is 0 Å². The van der Waals surface area contributed by atoms with Gasteiger partial charge in [-0.25, -0.2) is 0 Å². The fourth-order valence-electron chi connectivity index (χ4n) is 10.6. The molecule has 3 nitrogen and oxygen atoms in total. The van der Waals surface area contributed by atoms with Crippen LogP contribution in [0.4, 0.5) is 28.4 Å². The van der Waals surface area contributed by atoms with Crippen LogP contribution in [0.2, 0.25) is 0 Å². The Balaban J connectivity index is 1.29. The Hall–Kier alpha value is -6.78. The van der Waals surface area contributed by atoms with Crippen molar-refractivity contribution in [3.8, 4) is 27.9 Å². The van der Waals surface area contributed by atoms with E-state index >= 15 is 0 Å². The number of hydrogen-bond acceptors (Lipinski definition) is 2. The van der Waals surface area contributed by atoms with E-state index in [0.717, 1.165) is 17.1 Å². The molecule has 0 radical (unpaired) electrons. The third-order valence-electron chi connectivity index (χ3n) is 12.8. The van der Waals surface area contributed by atoms with Gasteiger partial charge in [-0.3, -0.25) is 0 Å². The lowest BCUT2D eigenvalue weighted by Gasteiger charge is -2.44. The zero-order valence-electron chi connectivity index (χ0n) is 31.7. The number of fused-ring (bicyclic) bond motifs is 11. The maximum atomic E-state index is 2.68. The van der Waals surface area contributed by atoms with Crippen molar-refractivity contribution in [2.24, 2.45) is 0 Å². The number of anilines is 5. The number of benzene rings is 8. The van der Waals surface area contributed by atoms with Gasteiger partial charge in [-0.15, -0.1) is 0 Å². The molecule has 264 valence electrons. The van der Waals surface area contributed by atoms with Gasteiger partial charge in [0.25, 0.3) is 0 Å². The van der Waals surface area contributed by atoms with E-state index < -0.39 is 0 Å². The average Bonchev–Trinajstić information content (AvgIpc) is 3.70. The first kappa shape index (κ1) is 31.6. The van der Waals surface area contributed by atoms with E-state index in [1.165, 1.54) is 88.7 Å². The lowest BCUT2D eigenvalue weighted by molar-refractivity contribution is 0.662. The molecule has 0 amide bonds. The number of rotatable bonds is 4. The van der Waals surface area contributed by atoms with Crippen molar-refractivity contribution in [2.45, 2.75) is 26.2 Å². The Morgan fingerprint density at radius 1 is 0.518 bits per heavy atom. The molecule has 1 aromatic heterocycles. The van der Waals surface area contributed by atoms with Gasteiger partial charge in [-0.2, -0.15) is 0 Å². The van der Waals surface area contributed by atoms with Gasteiger partial charge in [-0.05, 0) is 106 Å². The summed E-state index contributed by atoms with van der Waals surface area (Å²) in [7, 11) is 0. The average molecular weight is 716 g/mol. The molecule has 0 bridgehead atoms. The Morgan fingerprint density at radius 3 is 1.98 bits per heavy atom. The molecule has 3 aliphatic rings. The van der Waals surface area contributed by atoms with E-state index in [-0.39, 0.29) is 12.3 Å². The Morgan fingerprint density at radius 2 is 1.20 bits per heavy atom. The molecule has 56 heavy (non-hydrogen) atoms. The summed E-state index contributed by atoms with van der Waals surface area (Å²) in [5, 5.41) is 2.57. The predicted octanol–water partition coefficient (Wildman–Crippen LogP) is 12.1. The third kappa shape index (κ3) is 4.08. The largest absolute Gasteiger partial charge is 0.376 e. The van der Waals surface area contributed by atoms with E-state index in [2.05, 4.69) is 211 Å². The summed E-state index contributed by atoms with van der Waals surface area (Å²) in [5.74, 6) is 0. The molecule has 0 saturated carbocycles. The highest BCUT2D eigenvalue weighted by molar-refractivity contribution is 6.93. The van der Waals surface area contributed by atoms with Gasteiger partial charge in [-0.1, -0.05) is 135 Å². The van der Waals surface area contributed by atoms with Gasteiger partial charge < -0.3 is 14.3 Å². The normalized spacial score (nSPS) is 14.1. The molecule has 8 aromatic carbocycles. The smallest absolute Gasteiger partial charge is 0.333 e. The topological polar surface area (TPSA) is 11.4 Å². The molecule has 0 spiro atoms. The van der Waals surface area contributed by atoms with Gasteiger partial charge in [0, 0.05) is 55.9 Å². The van der Waals surface area contributed by atoms with Crippen LogP contribution < -0.4 is 20.6 Å². The highest BCUT2D eigenvalue weighted by atomic mass is 15.2. The first-order valence-electron chi connectivity index (χ1n) is 19.7. The number of aryl methyl sites for hydroxylation is 1. The monoisotopic (exact) mass is 715 g/mol. The summed E-state index contributed by atoms with van der Waals surface area (Å²) in [6.07, 6.45) is 0. The van der Waals surface area contributed by atoms with E-state index in [1.807, 2.05) is 0 Å². The predicted molar refractivity (Wildman–Crippen MR) is 237 cm³/mol.